The Bertz CT molecular complexity index is 134. The number of halogens is 1. The number of rotatable bonds is 5. The summed E-state index contributed by atoms with van der Waals surface area (Å²) in [5.41, 5.74) is 0. The number of alkyl halides is 1. The largest absolute Gasteiger partial charge is 0.316 e. The van der Waals surface area contributed by atoms with Crippen molar-refractivity contribution in [2.45, 2.75) is 25.7 Å². The van der Waals surface area contributed by atoms with Crippen LogP contribution in [0.4, 0.5) is 0 Å². The molecule has 1 aliphatic carbocycles. The van der Waals surface area contributed by atoms with Gasteiger partial charge >= 0.3 is 0 Å². The van der Waals surface area contributed by atoms with Crippen molar-refractivity contribution in [3.63, 3.8) is 0 Å². The Morgan fingerprint density at radius 2 is 2.33 bits per heavy atom. The van der Waals surface area contributed by atoms with Gasteiger partial charge in [0.2, 0.25) is 0 Å². The van der Waals surface area contributed by atoms with Gasteiger partial charge in [-0.15, -0.1) is 11.6 Å². The molecule has 0 fully saturated rings. The molecule has 0 aromatic heterocycles. The van der Waals surface area contributed by atoms with Gasteiger partial charge in [-0.1, -0.05) is 12.2 Å². The first kappa shape index (κ1) is 10.1. The summed E-state index contributed by atoms with van der Waals surface area (Å²) >= 11 is 5.57. The second kappa shape index (κ2) is 6.50. The SMILES string of the molecule is ClCCCNCC1CC=CCC1. The highest BCUT2D eigenvalue weighted by atomic mass is 35.5. The fourth-order valence-electron chi connectivity index (χ4n) is 1.54. The maximum Gasteiger partial charge on any atom is 0.0235 e. The van der Waals surface area contributed by atoms with Gasteiger partial charge in [0.05, 0.1) is 0 Å². The lowest BCUT2D eigenvalue weighted by Gasteiger charge is -2.17. The molecule has 0 amide bonds. The van der Waals surface area contributed by atoms with Crippen LogP contribution in [0.2, 0.25) is 0 Å². The molecule has 1 atom stereocenters. The predicted octanol–water partition coefficient (Wildman–Crippen LogP) is 2.56. The number of nitrogens with one attached hydrogen (secondary N) is 1. The van der Waals surface area contributed by atoms with Crippen LogP contribution in [0.15, 0.2) is 12.2 Å². The Kier molecular flexibility index (Phi) is 5.46. The molecule has 2 heteroatoms. The van der Waals surface area contributed by atoms with Gasteiger partial charge in [0.25, 0.3) is 0 Å². The molecule has 1 aliphatic rings. The molecule has 0 heterocycles. The molecule has 0 spiro atoms. The summed E-state index contributed by atoms with van der Waals surface area (Å²) in [6, 6.07) is 0. The first-order chi connectivity index (χ1) is 5.93. The van der Waals surface area contributed by atoms with Crippen LogP contribution in [0, 0.1) is 5.92 Å². The number of allylic oxidation sites excluding steroid dienone is 2. The van der Waals surface area contributed by atoms with Crippen molar-refractivity contribution in [2.75, 3.05) is 19.0 Å². The fraction of sp³-hybridized carbons (Fsp3) is 0.800. The van der Waals surface area contributed by atoms with E-state index in [1.165, 1.54) is 25.8 Å². The highest BCUT2D eigenvalue weighted by Crippen LogP contribution is 2.16. The monoisotopic (exact) mass is 187 g/mol. The molecule has 12 heavy (non-hydrogen) atoms. The van der Waals surface area contributed by atoms with Gasteiger partial charge in [-0.2, -0.15) is 0 Å². The van der Waals surface area contributed by atoms with Gasteiger partial charge in [0, 0.05) is 5.88 Å². The molecule has 0 bridgehead atoms. The average Bonchev–Trinajstić information content (AvgIpc) is 2.14. The summed E-state index contributed by atoms with van der Waals surface area (Å²) in [7, 11) is 0. The van der Waals surface area contributed by atoms with Gasteiger partial charge < -0.3 is 5.32 Å². The first-order valence-corrected chi connectivity index (χ1v) is 5.38. The normalized spacial score (nSPS) is 22.9. The summed E-state index contributed by atoms with van der Waals surface area (Å²) < 4.78 is 0. The maximum atomic E-state index is 5.57. The van der Waals surface area contributed by atoms with Crippen LogP contribution in [-0.2, 0) is 0 Å². The Morgan fingerprint density at radius 1 is 1.42 bits per heavy atom. The second-order valence-corrected chi connectivity index (χ2v) is 3.78. The predicted molar refractivity (Wildman–Crippen MR) is 54.7 cm³/mol. The van der Waals surface area contributed by atoms with Gasteiger partial charge in [0.15, 0.2) is 0 Å². The molecule has 1 rings (SSSR count). The van der Waals surface area contributed by atoms with E-state index in [1.807, 2.05) is 0 Å². The first-order valence-electron chi connectivity index (χ1n) is 4.85. The van der Waals surface area contributed by atoms with E-state index in [0.29, 0.717) is 0 Å². The Balaban J connectivity index is 1.95. The molecule has 0 saturated heterocycles. The summed E-state index contributed by atoms with van der Waals surface area (Å²) in [6.07, 6.45) is 9.55. The maximum absolute atomic E-state index is 5.57. The highest BCUT2D eigenvalue weighted by molar-refractivity contribution is 6.17. The number of hydrogen-bond acceptors (Lipinski definition) is 1. The van der Waals surface area contributed by atoms with Gasteiger partial charge in [-0.25, -0.2) is 0 Å². The topological polar surface area (TPSA) is 12.0 Å². The van der Waals surface area contributed by atoms with Crippen molar-refractivity contribution < 1.29 is 0 Å². The van der Waals surface area contributed by atoms with Crippen LogP contribution >= 0.6 is 11.6 Å². The fourth-order valence-corrected chi connectivity index (χ4v) is 1.67. The Morgan fingerprint density at radius 3 is 3.00 bits per heavy atom. The van der Waals surface area contributed by atoms with Crippen LogP contribution < -0.4 is 5.32 Å². The van der Waals surface area contributed by atoms with Crippen molar-refractivity contribution in [2.24, 2.45) is 5.92 Å². The summed E-state index contributed by atoms with van der Waals surface area (Å²) in [4.78, 5) is 0. The molecule has 0 radical (unpaired) electrons. The Hall–Kier alpha value is -0.0100. The van der Waals surface area contributed by atoms with E-state index in [1.54, 1.807) is 0 Å². The lowest BCUT2D eigenvalue weighted by Crippen LogP contribution is -2.24. The summed E-state index contributed by atoms with van der Waals surface area (Å²) in [5, 5.41) is 3.44. The molecule has 1 N–H and O–H groups in total. The van der Waals surface area contributed by atoms with Gasteiger partial charge in [0.1, 0.15) is 0 Å². The van der Waals surface area contributed by atoms with Crippen molar-refractivity contribution >= 4 is 11.6 Å². The quantitative estimate of drug-likeness (QED) is 0.396. The Labute approximate surface area is 80.2 Å². The summed E-state index contributed by atoms with van der Waals surface area (Å²) in [6.45, 7) is 2.24. The second-order valence-electron chi connectivity index (χ2n) is 3.40. The van der Waals surface area contributed by atoms with Crippen LogP contribution in [0.1, 0.15) is 25.7 Å². The zero-order valence-electron chi connectivity index (χ0n) is 7.56. The molecule has 0 aromatic rings. The van der Waals surface area contributed by atoms with E-state index < -0.39 is 0 Å². The lowest BCUT2D eigenvalue weighted by molar-refractivity contribution is 0.441. The minimum absolute atomic E-state index is 0.775. The molecular formula is C10H18ClN. The van der Waals surface area contributed by atoms with Crippen molar-refractivity contribution in [3.05, 3.63) is 12.2 Å². The average molecular weight is 188 g/mol. The van der Waals surface area contributed by atoms with E-state index in [-0.39, 0.29) is 0 Å². The highest BCUT2D eigenvalue weighted by Gasteiger charge is 2.07. The molecule has 1 unspecified atom stereocenters. The van der Waals surface area contributed by atoms with E-state index in [4.69, 9.17) is 11.6 Å². The minimum Gasteiger partial charge on any atom is -0.316 e. The van der Waals surface area contributed by atoms with Crippen molar-refractivity contribution in [1.82, 2.24) is 5.32 Å². The third kappa shape index (κ3) is 4.13. The van der Waals surface area contributed by atoms with E-state index >= 15 is 0 Å². The van der Waals surface area contributed by atoms with Gasteiger partial charge in [-0.05, 0) is 44.7 Å². The third-order valence-corrected chi connectivity index (χ3v) is 2.57. The standard InChI is InChI=1S/C10H18ClN/c11-7-4-8-12-9-10-5-2-1-3-6-10/h1-2,10,12H,3-9H2. The van der Waals surface area contributed by atoms with Gasteiger partial charge in [-0.3, -0.25) is 0 Å². The molecule has 1 nitrogen and oxygen atoms in total. The van der Waals surface area contributed by atoms with E-state index in [0.717, 1.165) is 24.8 Å². The minimum atomic E-state index is 0.775. The molecule has 70 valence electrons. The van der Waals surface area contributed by atoms with Crippen LogP contribution in [0.3, 0.4) is 0 Å². The van der Waals surface area contributed by atoms with Crippen LogP contribution in [0.5, 0.6) is 0 Å². The van der Waals surface area contributed by atoms with Crippen molar-refractivity contribution in [3.8, 4) is 0 Å². The molecule has 0 aliphatic heterocycles. The lowest BCUT2D eigenvalue weighted by atomic mass is 9.94. The molecular weight excluding hydrogens is 170 g/mol. The van der Waals surface area contributed by atoms with Crippen LogP contribution in [0.25, 0.3) is 0 Å². The zero-order valence-corrected chi connectivity index (χ0v) is 8.32. The summed E-state index contributed by atoms with van der Waals surface area (Å²) in [5.74, 6) is 1.64. The zero-order chi connectivity index (χ0) is 8.65. The number of hydrogen-bond donors (Lipinski definition) is 1. The van der Waals surface area contributed by atoms with E-state index in [9.17, 15) is 0 Å². The van der Waals surface area contributed by atoms with E-state index in [2.05, 4.69) is 17.5 Å². The smallest absolute Gasteiger partial charge is 0.0235 e. The third-order valence-electron chi connectivity index (χ3n) is 2.30. The molecule has 0 aromatic carbocycles. The van der Waals surface area contributed by atoms with Crippen LogP contribution in [-0.4, -0.2) is 19.0 Å². The molecule has 0 saturated carbocycles. The van der Waals surface area contributed by atoms with Crippen molar-refractivity contribution in [1.29, 1.82) is 0 Å².